The third-order valence-electron chi connectivity index (χ3n) is 2.29. The van der Waals surface area contributed by atoms with Gasteiger partial charge in [-0.05, 0) is 23.6 Å². The summed E-state index contributed by atoms with van der Waals surface area (Å²) in [5, 5.41) is -0.154. The van der Waals surface area contributed by atoms with Crippen LogP contribution < -0.4 is 0 Å². The molecule has 0 aliphatic rings. The van der Waals surface area contributed by atoms with Gasteiger partial charge in [0.15, 0.2) is 5.78 Å². The van der Waals surface area contributed by atoms with Crippen LogP contribution in [0.25, 0.3) is 0 Å². The standard InChI is InChI=1S/C13H14ClF3O/c1-12(2,3)7-11(18)9-5-4-8(6-10(9)14)13(15,16)17/h4-6H,7H2,1-3H3. The van der Waals surface area contributed by atoms with E-state index >= 15 is 0 Å². The Labute approximate surface area is 109 Å². The van der Waals surface area contributed by atoms with Crippen LogP contribution in [0.3, 0.4) is 0 Å². The Kier molecular flexibility index (Phi) is 4.11. The smallest absolute Gasteiger partial charge is 0.294 e. The molecule has 0 aromatic heterocycles. The number of ketones is 1. The van der Waals surface area contributed by atoms with Crippen LogP contribution in [0.15, 0.2) is 18.2 Å². The van der Waals surface area contributed by atoms with E-state index in [-0.39, 0.29) is 28.2 Å². The Bertz CT molecular complexity index is 458. The molecule has 0 heterocycles. The minimum Gasteiger partial charge on any atom is -0.294 e. The molecule has 0 fully saturated rings. The van der Waals surface area contributed by atoms with Gasteiger partial charge in [0.2, 0.25) is 0 Å². The summed E-state index contributed by atoms with van der Waals surface area (Å²) < 4.78 is 37.3. The molecular weight excluding hydrogens is 265 g/mol. The van der Waals surface area contributed by atoms with E-state index in [9.17, 15) is 18.0 Å². The molecule has 0 radical (unpaired) electrons. The molecule has 0 N–H and O–H groups in total. The van der Waals surface area contributed by atoms with Gasteiger partial charge in [-0.25, -0.2) is 0 Å². The number of hydrogen-bond donors (Lipinski definition) is 0. The highest BCUT2D eigenvalue weighted by Crippen LogP contribution is 2.33. The van der Waals surface area contributed by atoms with Gasteiger partial charge in [0.05, 0.1) is 10.6 Å². The first kappa shape index (κ1) is 15.0. The number of carbonyl (C=O) groups is 1. The third-order valence-corrected chi connectivity index (χ3v) is 2.60. The quantitative estimate of drug-likeness (QED) is 0.698. The molecule has 5 heteroatoms. The first-order valence-electron chi connectivity index (χ1n) is 5.41. The molecule has 18 heavy (non-hydrogen) atoms. The van der Waals surface area contributed by atoms with Gasteiger partial charge in [0.1, 0.15) is 0 Å². The fraction of sp³-hybridized carbons (Fsp3) is 0.462. The number of Topliss-reactive ketones (excluding diaryl/α,β-unsaturated/α-hetero) is 1. The molecule has 1 aromatic carbocycles. The maximum atomic E-state index is 12.4. The van der Waals surface area contributed by atoms with Gasteiger partial charge in [0, 0.05) is 12.0 Å². The van der Waals surface area contributed by atoms with Crippen molar-refractivity contribution in [2.45, 2.75) is 33.4 Å². The number of carbonyl (C=O) groups excluding carboxylic acids is 1. The van der Waals surface area contributed by atoms with Gasteiger partial charge in [-0.1, -0.05) is 32.4 Å². The van der Waals surface area contributed by atoms with Crippen LogP contribution in [0.5, 0.6) is 0 Å². The number of hydrogen-bond acceptors (Lipinski definition) is 1. The largest absolute Gasteiger partial charge is 0.416 e. The third kappa shape index (κ3) is 4.02. The van der Waals surface area contributed by atoms with Crippen molar-refractivity contribution < 1.29 is 18.0 Å². The summed E-state index contributed by atoms with van der Waals surface area (Å²) in [4.78, 5) is 11.9. The molecule has 0 aliphatic carbocycles. The number of alkyl halides is 3. The Balaban J connectivity index is 3.03. The normalized spacial score (nSPS) is 12.6. The van der Waals surface area contributed by atoms with Crippen molar-refractivity contribution in [2.24, 2.45) is 5.41 Å². The summed E-state index contributed by atoms with van der Waals surface area (Å²) in [5.41, 5.74) is -0.942. The van der Waals surface area contributed by atoms with Gasteiger partial charge in [0.25, 0.3) is 0 Å². The van der Waals surface area contributed by atoms with Crippen molar-refractivity contribution in [1.29, 1.82) is 0 Å². The van der Waals surface area contributed by atoms with E-state index in [0.717, 1.165) is 18.2 Å². The molecule has 1 nitrogen and oxygen atoms in total. The first-order chi connectivity index (χ1) is 8.00. The van der Waals surface area contributed by atoms with Gasteiger partial charge in [-0.2, -0.15) is 13.2 Å². The highest BCUT2D eigenvalue weighted by Gasteiger charge is 2.31. The maximum absolute atomic E-state index is 12.4. The second kappa shape index (κ2) is 4.92. The molecule has 0 saturated heterocycles. The van der Waals surface area contributed by atoms with E-state index in [2.05, 4.69) is 0 Å². The first-order valence-corrected chi connectivity index (χ1v) is 5.78. The molecule has 0 bridgehead atoms. The lowest BCUT2D eigenvalue weighted by Crippen LogP contribution is -2.14. The predicted molar refractivity (Wildman–Crippen MR) is 64.9 cm³/mol. The Hall–Kier alpha value is -1.03. The monoisotopic (exact) mass is 278 g/mol. The summed E-state index contributed by atoms with van der Waals surface area (Å²) in [5.74, 6) is -0.249. The van der Waals surface area contributed by atoms with Crippen LogP contribution in [0.2, 0.25) is 5.02 Å². The molecule has 0 saturated carbocycles. The predicted octanol–water partition coefficient (Wildman–Crippen LogP) is 4.98. The number of benzene rings is 1. The number of rotatable bonds is 2. The molecule has 0 aliphatic heterocycles. The van der Waals surface area contributed by atoms with Gasteiger partial charge in [-0.3, -0.25) is 4.79 Å². The summed E-state index contributed by atoms with van der Waals surface area (Å²) in [6, 6.07) is 2.80. The lowest BCUT2D eigenvalue weighted by molar-refractivity contribution is -0.137. The topological polar surface area (TPSA) is 17.1 Å². The Morgan fingerprint density at radius 1 is 1.22 bits per heavy atom. The van der Waals surface area contributed by atoms with E-state index in [1.165, 1.54) is 0 Å². The van der Waals surface area contributed by atoms with Crippen LogP contribution in [-0.2, 0) is 6.18 Å². The Morgan fingerprint density at radius 3 is 2.17 bits per heavy atom. The average Bonchev–Trinajstić information content (AvgIpc) is 2.12. The molecule has 1 rings (SSSR count). The fourth-order valence-corrected chi connectivity index (χ4v) is 1.78. The molecule has 0 unspecified atom stereocenters. The zero-order valence-electron chi connectivity index (χ0n) is 10.4. The van der Waals surface area contributed by atoms with Gasteiger partial charge < -0.3 is 0 Å². The van der Waals surface area contributed by atoms with Crippen molar-refractivity contribution in [3.63, 3.8) is 0 Å². The number of halogens is 4. The zero-order valence-corrected chi connectivity index (χ0v) is 11.1. The zero-order chi connectivity index (χ0) is 14.1. The minimum atomic E-state index is -4.45. The van der Waals surface area contributed by atoms with Crippen molar-refractivity contribution in [3.05, 3.63) is 34.3 Å². The van der Waals surface area contributed by atoms with E-state index in [1.807, 2.05) is 20.8 Å². The van der Waals surface area contributed by atoms with Crippen LogP contribution in [0, 0.1) is 5.41 Å². The highest BCUT2D eigenvalue weighted by atomic mass is 35.5. The summed E-state index contributed by atoms with van der Waals surface area (Å²) in [6.45, 7) is 5.63. The average molecular weight is 279 g/mol. The van der Waals surface area contributed by atoms with E-state index in [0.29, 0.717) is 0 Å². The second-order valence-corrected chi connectivity index (χ2v) is 5.76. The summed E-state index contributed by atoms with van der Waals surface area (Å²) >= 11 is 5.74. The van der Waals surface area contributed by atoms with Gasteiger partial charge >= 0.3 is 6.18 Å². The maximum Gasteiger partial charge on any atom is 0.416 e. The van der Waals surface area contributed by atoms with Crippen LogP contribution >= 0.6 is 11.6 Å². The fourth-order valence-electron chi connectivity index (χ4n) is 1.49. The van der Waals surface area contributed by atoms with Crippen LogP contribution in [-0.4, -0.2) is 5.78 Å². The lowest BCUT2D eigenvalue weighted by atomic mass is 9.87. The molecule has 1 aromatic rings. The molecule has 0 spiro atoms. The van der Waals surface area contributed by atoms with Crippen LogP contribution in [0.4, 0.5) is 13.2 Å². The molecule has 100 valence electrons. The van der Waals surface area contributed by atoms with Gasteiger partial charge in [-0.15, -0.1) is 0 Å². The van der Waals surface area contributed by atoms with E-state index < -0.39 is 11.7 Å². The molecular formula is C13H14ClF3O. The SMILES string of the molecule is CC(C)(C)CC(=O)c1ccc(C(F)(F)F)cc1Cl. The van der Waals surface area contributed by atoms with E-state index in [1.54, 1.807) is 0 Å². The van der Waals surface area contributed by atoms with Crippen molar-refractivity contribution in [3.8, 4) is 0 Å². The summed E-state index contributed by atoms with van der Waals surface area (Å²) in [7, 11) is 0. The lowest BCUT2D eigenvalue weighted by Gasteiger charge is -2.17. The molecule has 0 amide bonds. The van der Waals surface area contributed by atoms with E-state index in [4.69, 9.17) is 11.6 Å². The summed E-state index contributed by atoms with van der Waals surface area (Å²) in [6.07, 6.45) is -4.21. The molecule has 0 atom stereocenters. The second-order valence-electron chi connectivity index (χ2n) is 5.35. The minimum absolute atomic E-state index is 0.139. The van der Waals surface area contributed by atoms with Crippen LogP contribution in [0.1, 0.15) is 43.1 Å². The Morgan fingerprint density at radius 2 is 1.78 bits per heavy atom. The van der Waals surface area contributed by atoms with Crippen molar-refractivity contribution >= 4 is 17.4 Å². The van der Waals surface area contributed by atoms with Crippen molar-refractivity contribution in [2.75, 3.05) is 0 Å². The highest BCUT2D eigenvalue weighted by molar-refractivity contribution is 6.34. The van der Waals surface area contributed by atoms with Crippen molar-refractivity contribution in [1.82, 2.24) is 0 Å².